The van der Waals surface area contributed by atoms with E-state index in [0.717, 1.165) is 11.1 Å². The molecule has 1 aromatic carbocycles. The molecule has 0 aliphatic carbocycles. The van der Waals surface area contributed by atoms with Crippen LogP contribution < -0.4 is 10.6 Å². The monoisotopic (exact) mass is 296 g/mol. The maximum absolute atomic E-state index is 11.8. The molecule has 0 saturated heterocycles. The molecule has 110 valence electrons. The van der Waals surface area contributed by atoms with E-state index in [1.165, 1.54) is 6.92 Å². The van der Waals surface area contributed by atoms with E-state index in [0.29, 0.717) is 17.5 Å². The number of amides is 2. The van der Waals surface area contributed by atoms with Gasteiger partial charge in [0, 0.05) is 18.5 Å². The van der Waals surface area contributed by atoms with Gasteiger partial charge in [-0.1, -0.05) is 37.6 Å². The quantitative estimate of drug-likeness (QED) is 0.877. The number of hydrogen-bond donors (Lipinski definition) is 2. The Balaban J connectivity index is 2.62. The molecule has 1 rings (SSSR count). The summed E-state index contributed by atoms with van der Waals surface area (Å²) in [4.78, 5) is 22.6. The Morgan fingerprint density at radius 2 is 1.90 bits per heavy atom. The summed E-state index contributed by atoms with van der Waals surface area (Å²) in [6, 6.07) is 5.29. The molecule has 0 spiro atoms. The van der Waals surface area contributed by atoms with Crippen LogP contribution in [0.1, 0.15) is 44.7 Å². The minimum absolute atomic E-state index is 0.230. The van der Waals surface area contributed by atoms with Gasteiger partial charge >= 0.3 is 0 Å². The zero-order chi connectivity index (χ0) is 15.3. The maximum atomic E-state index is 11.8. The summed E-state index contributed by atoms with van der Waals surface area (Å²) in [6.07, 6.45) is 0. The number of rotatable bonds is 5. The summed E-state index contributed by atoms with van der Waals surface area (Å²) >= 11 is 6.20. The predicted octanol–water partition coefficient (Wildman–Crippen LogP) is 2.60. The number of carbonyl (C=O) groups excluding carboxylic acids is 2. The van der Waals surface area contributed by atoms with E-state index in [4.69, 9.17) is 11.6 Å². The largest absolute Gasteiger partial charge is 0.350 e. The molecular formula is C15H21ClN2O2. The van der Waals surface area contributed by atoms with E-state index in [-0.39, 0.29) is 11.8 Å². The first-order valence-corrected chi connectivity index (χ1v) is 7.02. The molecular weight excluding hydrogens is 276 g/mol. The predicted molar refractivity (Wildman–Crippen MR) is 80.7 cm³/mol. The summed E-state index contributed by atoms with van der Waals surface area (Å²) < 4.78 is 0. The third kappa shape index (κ3) is 4.85. The van der Waals surface area contributed by atoms with Crippen LogP contribution in [0.3, 0.4) is 0 Å². The Morgan fingerprint density at radius 3 is 2.40 bits per heavy atom. The van der Waals surface area contributed by atoms with Crippen LogP contribution in [0, 0.1) is 0 Å². The Kier molecular flexibility index (Phi) is 6.02. The third-order valence-electron chi connectivity index (χ3n) is 3.01. The lowest BCUT2D eigenvalue weighted by Crippen LogP contribution is -2.43. The van der Waals surface area contributed by atoms with Crippen LogP contribution in [0.15, 0.2) is 18.2 Å². The summed E-state index contributed by atoms with van der Waals surface area (Å²) in [6.45, 7) is 7.57. The third-order valence-corrected chi connectivity index (χ3v) is 3.36. The number of nitrogens with one attached hydrogen (secondary N) is 2. The number of carbonyl (C=O) groups is 2. The minimum Gasteiger partial charge on any atom is -0.350 e. The van der Waals surface area contributed by atoms with E-state index in [1.54, 1.807) is 6.92 Å². The van der Waals surface area contributed by atoms with E-state index in [9.17, 15) is 9.59 Å². The van der Waals surface area contributed by atoms with Gasteiger partial charge in [-0.2, -0.15) is 0 Å². The molecule has 0 heterocycles. The molecule has 20 heavy (non-hydrogen) atoms. The van der Waals surface area contributed by atoms with Crippen LogP contribution >= 0.6 is 11.6 Å². The molecule has 0 aromatic heterocycles. The van der Waals surface area contributed by atoms with Gasteiger partial charge in [-0.15, -0.1) is 0 Å². The first-order valence-electron chi connectivity index (χ1n) is 6.64. The molecule has 1 unspecified atom stereocenters. The van der Waals surface area contributed by atoms with Crippen molar-refractivity contribution in [2.75, 3.05) is 0 Å². The molecule has 1 aromatic rings. The van der Waals surface area contributed by atoms with Crippen molar-refractivity contribution in [3.63, 3.8) is 0 Å². The highest BCUT2D eigenvalue weighted by Crippen LogP contribution is 2.22. The molecule has 0 fully saturated rings. The van der Waals surface area contributed by atoms with Gasteiger partial charge in [-0.25, -0.2) is 0 Å². The summed E-state index contributed by atoms with van der Waals surface area (Å²) in [5.74, 6) is -0.0490. The van der Waals surface area contributed by atoms with Crippen molar-refractivity contribution in [1.29, 1.82) is 0 Å². The molecule has 0 bridgehead atoms. The fourth-order valence-electron chi connectivity index (χ4n) is 1.77. The summed E-state index contributed by atoms with van der Waals surface area (Å²) in [5.41, 5.74) is 2.02. The van der Waals surface area contributed by atoms with E-state index >= 15 is 0 Å². The highest BCUT2D eigenvalue weighted by molar-refractivity contribution is 6.31. The van der Waals surface area contributed by atoms with Crippen molar-refractivity contribution in [2.45, 2.75) is 46.2 Å². The van der Waals surface area contributed by atoms with Crippen molar-refractivity contribution in [3.8, 4) is 0 Å². The Hall–Kier alpha value is -1.55. The number of hydrogen-bond acceptors (Lipinski definition) is 2. The lowest BCUT2D eigenvalue weighted by molar-refractivity contribution is -0.127. The highest BCUT2D eigenvalue weighted by atomic mass is 35.5. The molecule has 4 nitrogen and oxygen atoms in total. The van der Waals surface area contributed by atoms with Crippen LogP contribution in [-0.2, 0) is 16.1 Å². The average Bonchev–Trinajstić information content (AvgIpc) is 2.35. The molecule has 0 saturated carbocycles. The van der Waals surface area contributed by atoms with Gasteiger partial charge in [0.1, 0.15) is 6.04 Å². The molecule has 2 amide bonds. The van der Waals surface area contributed by atoms with E-state index in [2.05, 4.69) is 24.5 Å². The maximum Gasteiger partial charge on any atom is 0.242 e. The first kappa shape index (κ1) is 16.5. The van der Waals surface area contributed by atoms with Crippen molar-refractivity contribution < 1.29 is 9.59 Å². The molecule has 0 radical (unpaired) electrons. The van der Waals surface area contributed by atoms with Crippen LogP contribution in [0.5, 0.6) is 0 Å². The highest BCUT2D eigenvalue weighted by Gasteiger charge is 2.13. The van der Waals surface area contributed by atoms with Crippen molar-refractivity contribution in [3.05, 3.63) is 34.3 Å². The van der Waals surface area contributed by atoms with Gasteiger partial charge in [-0.05, 0) is 30.0 Å². The average molecular weight is 297 g/mol. The Morgan fingerprint density at radius 1 is 1.25 bits per heavy atom. The van der Waals surface area contributed by atoms with Crippen LogP contribution in [0.25, 0.3) is 0 Å². The zero-order valence-electron chi connectivity index (χ0n) is 12.3. The van der Waals surface area contributed by atoms with Gasteiger partial charge in [-0.3, -0.25) is 9.59 Å². The second-order valence-corrected chi connectivity index (χ2v) is 5.55. The lowest BCUT2D eigenvalue weighted by Gasteiger charge is -2.14. The smallest absolute Gasteiger partial charge is 0.242 e. The lowest BCUT2D eigenvalue weighted by atomic mass is 10.0. The molecule has 0 aliphatic heterocycles. The van der Waals surface area contributed by atoms with E-state index in [1.807, 2.05) is 18.2 Å². The van der Waals surface area contributed by atoms with Crippen molar-refractivity contribution in [1.82, 2.24) is 10.6 Å². The fraction of sp³-hybridized carbons (Fsp3) is 0.467. The van der Waals surface area contributed by atoms with Gasteiger partial charge in [0.25, 0.3) is 0 Å². The van der Waals surface area contributed by atoms with Crippen LogP contribution in [0.4, 0.5) is 0 Å². The summed E-state index contributed by atoms with van der Waals surface area (Å²) in [5, 5.41) is 5.93. The topological polar surface area (TPSA) is 58.2 Å². The van der Waals surface area contributed by atoms with Gasteiger partial charge < -0.3 is 10.6 Å². The van der Waals surface area contributed by atoms with Gasteiger partial charge in [0.2, 0.25) is 11.8 Å². The zero-order valence-corrected chi connectivity index (χ0v) is 13.0. The van der Waals surface area contributed by atoms with Crippen molar-refractivity contribution in [2.24, 2.45) is 0 Å². The SMILES string of the molecule is CC(=O)NC(C)C(=O)NCc1ccc(C(C)C)cc1Cl. The second kappa shape index (κ2) is 7.29. The Labute approximate surface area is 124 Å². The van der Waals surface area contributed by atoms with Gasteiger partial charge in [0.15, 0.2) is 0 Å². The Bertz CT molecular complexity index is 501. The fourth-order valence-corrected chi connectivity index (χ4v) is 2.03. The molecule has 0 aliphatic rings. The number of halogens is 1. The second-order valence-electron chi connectivity index (χ2n) is 5.15. The summed E-state index contributed by atoms with van der Waals surface area (Å²) in [7, 11) is 0. The number of benzene rings is 1. The molecule has 1 atom stereocenters. The van der Waals surface area contributed by atoms with Gasteiger partial charge in [0.05, 0.1) is 0 Å². The van der Waals surface area contributed by atoms with Crippen LogP contribution in [0.2, 0.25) is 5.02 Å². The van der Waals surface area contributed by atoms with Crippen molar-refractivity contribution >= 4 is 23.4 Å². The first-order chi connectivity index (χ1) is 9.31. The van der Waals surface area contributed by atoms with Crippen LogP contribution in [-0.4, -0.2) is 17.9 Å². The molecule has 5 heteroatoms. The molecule has 2 N–H and O–H groups in total. The normalized spacial score (nSPS) is 12.1. The van der Waals surface area contributed by atoms with E-state index < -0.39 is 6.04 Å². The minimum atomic E-state index is -0.554. The standard InChI is InChI=1S/C15H21ClN2O2/c1-9(2)12-5-6-13(14(16)7-12)8-17-15(20)10(3)18-11(4)19/h5-7,9-10H,8H2,1-4H3,(H,17,20)(H,18,19).